The fourth-order valence-electron chi connectivity index (χ4n) is 0.630. The first kappa shape index (κ1) is 9.38. The van der Waals surface area contributed by atoms with Crippen LogP contribution in [0.15, 0.2) is 0 Å². The van der Waals surface area contributed by atoms with Gasteiger partial charge in [0.1, 0.15) is 5.01 Å². The standard InChI is InChI=1S/C7H11IN2S/c1-4-7(2,3)5-9-10-6(8)11-5/h4H2,1-3H3. The zero-order valence-electron chi connectivity index (χ0n) is 6.89. The van der Waals surface area contributed by atoms with Gasteiger partial charge < -0.3 is 0 Å². The number of halogens is 1. The van der Waals surface area contributed by atoms with E-state index < -0.39 is 0 Å². The largest absolute Gasteiger partial charge is 0.178 e. The molecule has 1 rings (SSSR count). The Morgan fingerprint density at radius 1 is 1.45 bits per heavy atom. The highest BCUT2D eigenvalue weighted by atomic mass is 127. The molecule has 0 aliphatic heterocycles. The molecule has 0 radical (unpaired) electrons. The van der Waals surface area contributed by atoms with E-state index in [0.717, 1.165) is 14.4 Å². The second-order valence-electron chi connectivity index (χ2n) is 3.10. The average molecular weight is 282 g/mol. The molecule has 0 amide bonds. The molecule has 0 bridgehead atoms. The lowest BCUT2D eigenvalue weighted by molar-refractivity contribution is 0.498. The van der Waals surface area contributed by atoms with Crippen LogP contribution in [0, 0.1) is 3.01 Å². The molecule has 1 aromatic heterocycles. The van der Waals surface area contributed by atoms with E-state index in [0.29, 0.717) is 0 Å². The molecular weight excluding hydrogens is 271 g/mol. The molecule has 0 unspecified atom stereocenters. The summed E-state index contributed by atoms with van der Waals surface area (Å²) >= 11 is 3.89. The smallest absolute Gasteiger partial charge is 0.142 e. The van der Waals surface area contributed by atoms with Crippen LogP contribution in [0.4, 0.5) is 0 Å². The summed E-state index contributed by atoms with van der Waals surface area (Å²) < 4.78 is 1.03. The zero-order valence-corrected chi connectivity index (χ0v) is 9.86. The summed E-state index contributed by atoms with van der Waals surface area (Å²) in [4.78, 5) is 0. The molecule has 11 heavy (non-hydrogen) atoms. The van der Waals surface area contributed by atoms with E-state index in [2.05, 4.69) is 53.6 Å². The Hall–Kier alpha value is 0.290. The third-order valence-electron chi connectivity index (χ3n) is 1.86. The van der Waals surface area contributed by atoms with E-state index in [9.17, 15) is 0 Å². The SMILES string of the molecule is CCC(C)(C)c1nnc(I)s1. The van der Waals surface area contributed by atoms with Gasteiger partial charge in [-0.15, -0.1) is 10.2 Å². The fraction of sp³-hybridized carbons (Fsp3) is 0.714. The van der Waals surface area contributed by atoms with Gasteiger partial charge in [0.25, 0.3) is 0 Å². The molecule has 62 valence electrons. The van der Waals surface area contributed by atoms with Crippen LogP contribution in [0.2, 0.25) is 0 Å². The van der Waals surface area contributed by atoms with Gasteiger partial charge in [-0.2, -0.15) is 0 Å². The predicted octanol–water partition coefficient (Wildman–Crippen LogP) is 2.83. The topological polar surface area (TPSA) is 25.8 Å². The van der Waals surface area contributed by atoms with Crippen molar-refractivity contribution >= 4 is 33.9 Å². The van der Waals surface area contributed by atoms with E-state index >= 15 is 0 Å². The summed E-state index contributed by atoms with van der Waals surface area (Å²) in [5.41, 5.74) is 0.196. The molecule has 0 N–H and O–H groups in total. The van der Waals surface area contributed by atoms with Crippen LogP contribution in [0.3, 0.4) is 0 Å². The Kier molecular flexibility index (Phi) is 2.85. The Morgan fingerprint density at radius 3 is 2.45 bits per heavy atom. The summed E-state index contributed by atoms with van der Waals surface area (Å²) in [6.07, 6.45) is 1.11. The van der Waals surface area contributed by atoms with E-state index in [1.54, 1.807) is 11.3 Å². The van der Waals surface area contributed by atoms with Gasteiger partial charge in [0, 0.05) is 5.41 Å². The predicted molar refractivity (Wildman–Crippen MR) is 55.9 cm³/mol. The maximum atomic E-state index is 4.12. The van der Waals surface area contributed by atoms with Crippen LogP contribution in [-0.4, -0.2) is 10.2 Å². The summed E-state index contributed by atoms with van der Waals surface area (Å²) in [7, 11) is 0. The second-order valence-corrected chi connectivity index (χ2v) is 5.83. The van der Waals surface area contributed by atoms with Crippen LogP contribution in [-0.2, 0) is 5.41 Å². The van der Waals surface area contributed by atoms with Crippen LogP contribution < -0.4 is 0 Å². The van der Waals surface area contributed by atoms with E-state index in [-0.39, 0.29) is 5.41 Å². The summed E-state index contributed by atoms with van der Waals surface area (Å²) in [5, 5.41) is 9.25. The van der Waals surface area contributed by atoms with Crippen molar-refractivity contribution in [3.05, 3.63) is 8.02 Å². The molecule has 0 aliphatic rings. The van der Waals surface area contributed by atoms with Crippen LogP contribution >= 0.6 is 33.9 Å². The third-order valence-corrected chi connectivity index (χ3v) is 3.82. The molecule has 0 atom stereocenters. The summed E-state index contributed by atoms with van der Waals surface area (Å²) in [5.74, 6) is 0. The Morgan fingerprint density at radius 2 is 2.09 bits per heavy atom. The van der Waals surface area contributed by atoms with Gasteiger partial charge in [-0.1, -0.05) is 32.1 Å². The maximum Gasteiger partial charge on any atom is 0.178 e. The first-order valence-corrected chi connectivity index (χ1v) is 5.45. The minimum atomic E-state index is 0.196. The maximum absolute atomic E-state index is 4.12. The number of hydrogen-bond acceptors (Lipinski definition) is 3. The van der Waals surface area contributed by atoms with E-state index in [1.807, 2.05) is 0 Å². The highest BCUT2D eigenvalue weighted by molar-refractivity contribution is 14.1. The first-order chi connectivity index (χ1) is 5.06. The molecule has 1 heterocycles. The van der Waals surface area contributed by atoms with Crippen molar-refractivity contribution < 1.29 is 0 Å². The number of nitrogens with zero attached hydrogens (tertiary/aromatic N) is 2. The highest BCUT2D eigenvalue weighted by Crippen LogP contribution is 2.29. The van der Waals surface area contributed by atoms with Gasteiger partial charge in [0.05, 0.1) is 0 Å². The quantitative estimate of drug-likeness (QED) is 0.779. The molecule has 0 aromatic carbocycles. The number of aromatic nitrogens is 2. The Labute approximate surface area is 84.6 Å². The molecule has 0 saturated carbocycles. The lowest BCUT2D eigenvalue weighted by atomic mass is 9.91. The molecule has 0 saturated heterocycles. The number of hydrogen-bond donors (Lipinski definition) is 0. The molecule has 2 nitrogen and oxygen atoms in total. The Bertz CT molecular complexity index is 244. The van der Waals surface area contributed by atoms with Crippen molar-refractivity contribution in [1.29, 1.82) is 0 Å². The minimum Gasteiger partial charge on any atom is -0.142 e. The molecular formula is C7H11IN2S. The number of rotatable bonds is 2. The molecule has 0 spiro atoms. The van der Waals surface area contributed by atoms with Crippen molar-refractivity contribution in [3.63, 3.8) is 0 Å². The molecule has 4 heteroatoms. The van der Waals surface area contributed by atoms with Crippen LogP contribution in [0.5, 0.6) is 0 Å². The van der Waals surface area contributed by atoms with E-state index in [4.69, 9.17) is 0 Å². The van der Waals surface area contributed by atoms with Crippen molar-refractivity contribution in [3.8, 4) is 0 Å². The first-order valence-electron chi connectivity index (χ1n) is 3.56. The third kappa shape index (κ3) is 2.11. The highest BCUT2D eigenvalue weighted by Gasteiger charge is 2.22. The molecule has 0 aliphatic carbocycles. The summed E-state index contributed by atoms with van der Waals surface area (Å²) in [6.45, 7) is 6.57. The monoisotopic (exact) mass is 282 g/mol. The normalized spacial score (nSPS) is 12.0. The Balaban J connectivity index is 2.92. The van der Waals surface area contributed by atoms with Crippen molar-refractivity contribution in [2.75, 3.05) is 0 Å². The van der Waals surface area contributed by atoms with Crippen LogP contribution in [0.1, 0.15) is 32.2 Å². The lowest BCUT2D eigenvalue weighted by Gasteiger charge is -2.17. The molecule has 1 aromatic rings. The minimum absolute atomic E-state index is 0.196. The van der Waals surface area contributed by atoms with Gasteiger partial charge in [0.2, 0.25) is 0 Å². The van der Waals surface area contributed by atoms with Gasteiger partial charge >= 0.3 is 0 Å². The van der Waals surface area contributed by atoms with Gasteiger partial charge in [-0.05, 0) is 29.0 Å². The summed E-state index contributed by atoms with van der Waals surface area (Å²) in [6, 6.07) is 0. The molecule has 0 fully saturated rings. The average Bonchev–Trinajstić information content (AvgIpc) is 2.36. The van der Waals surface area contributed by atoms with Crippen molar-refractivity contribution in [1.82, 2.24) is 10.2 Å². The van der Waals surface area contributed by atoms with Crippen molar-refractivity contribution in [2.45, 2.75) is 32.6 Å². The van der Waals surface area contributed by atoms with Crippen LogP contribution in [0.25, 0.3) is 0 Å². The fourth-order valence-corrected chi connectivity index (χ4v) is 2.11. The van der Waals surface area contributed by atoms with Gasteiger partial charge in [-0.25, -0.2) is 0 Å². The van der Waals surface area contributed by atoms with E-state index in [1.165, 1.54) is 0 Å². The van der Waals surface area contributed by atoms with Gasteiger partial charge in [0.15, 0.2) is 3.01 Å². The zero-order chi connectivity index (χ0) is 8.48. The van der Waals surface area contributed by atoms with Crippen molar-refractivity contribution in [2.24, 2.45) is 0 Å². The second kappa shape index (κ2) is 3.35. The van der Waals surface area contributed by atoms with Gasteiger partial charge in [-0.3, -0.25) is 0 Å². The lowest BCUT2D eigenvalue weighted by Crippen LogP contribution is -2.14.